The van der Waals surface area contributed by atoms with E-state index in [0.29, 0.717) is 5.92 Å². The highest BCUT2D eigenvalue weighted by Crippen LogP contribution is 2.27. The van der Waals surface area contributed by atoms with E-state index in [0.717, 1.165) is 18.6 Å². The molecule has 2 heterocycles. The van der Waals surface area contributed by atoms with Crippen LogP contribution in [0.4, 0.5) is 0 Å². The lowest BCUT2D eigenvalue weighted by Gasteiger charge is -1.99. The number of aromatic nitrogens is 1. The van der Waals surface area contributed by atoms with Crippen LogP contribution in [-0.2, 0) is 0 Å². The molecule has 0 bridgehead atoms. The van der Waals surface area contributed by atoms with E-state index in [1.54, 1.807) is 11.3 Å². The van der Waals surface area contributed by atoms with Gasteiger partial charge in [0.05, 0.1) is 15.2 Å². The van der Waals surface area contributed by atoms with E-state index in [4.69, 9.17) is 0 Å². The molecule has 72 valence electrons. The smallest absolute Gasteiger partial charge is 0.0996 e. The standard InChI is InChI=1S/C10H11N3S/c1-2-4-9-8(3-1)13-10(14-9)7-5-11-12-6-7/h1-4,7,11-12H,5-6H2. The monoisotopic (exact) mass is 205 g/mol. The van der Waals surface area contributed by atoms with Crippen molar-refractivity contribution in [3.05, 3.63) is 29.3 Å². The molecule has 1 saturated heterocycles. The highest BCUT2D eigenvalue weighted by molar-refractivity contribution is 7.18. The molecule has 0 radical (unpaired) electrons. The van der Waals surface area contributed by atoms with Crippen LogP contribution in [0.5, 0.6) is 0 Å². The minimum atomic E-state index is 0.535. The Morgan fingerprint density at radius 1 is 1.21 bits per heavy atom. The average Bonchev–Trinajstić information content (AvgIpc) is 2.86. The second-order valence-corrected chi connectivity index (χ2v) is 4.54. The van der Waals surface area contributed by atoms with Crippen LogP contribution < -0.4 is 10.9 Å². The van der Waals surface area contributed by atoms with Gasteiger partial charge in [0.15, 0.2) is 0 Å². The Morgan fingerprint density at radius 2 is 2.00 bits per heavy atom. The van der Waals surface area contributed by atoms with Gasteiger partial charge in [0.25, 0.3) is 0 Å². The summed E-state index contributed by atoms with van der Waals surface area (Å²) in [4.78, 5) is 4.63. The fraction of sp³-hybridized carbons (Fsp3) is 0.300. The summed E-state index contributed by atoms with van der Waals surface area (Å²) in [5, 5.41) is 1.24. The van der Waals surface area contributed by atoms with Gasteiger partial charge >= 0.3 is 0 Å². The number of thiazole rings is 1. The van der Waals surface area contributed by atoms with Gasteiger partial charge in [-0.2, -0.15) is 0 Å². The van der Waals surface area contributed by atoms with Crippen molar-refractivity contribution in [2.45, 2.75) is 5.92 Å². The predicted molar refractivity (Wildman–Crippen MR) is 58.4 cm³/mol. The predicted octanol–water partition coefficient (Wildman–Crippen LogP) is 1.49. The highest BCUT2D eigenvalue weighted by Gasteiger charge is 2.19. The fourth-order valence-electron chi connectivity index (χ4n) is 1.70. The van der Waals surface area contributed by atoms with Crippen molar-refractivity contribution in [1.82, 2.24) is 15.8 Å². The Hall–Kier alpha value is -0.970. The van der Waals surface area contributed by atoms with Crippen molar-refractivity contribution < 1.29 is 0 Å². The molecule has 0 spiro atoms. The molecule has 2 N–H and O–H groups in total. The summed E-state index contributed by atoms with van der Waals surface area (Å²) in [6.45, 7) is 1.97. The SMILES string of the molecule is c1ccc2sc(C3CNNC3)nc2c1. The Morgan fingerprint density at radius 3 is 2.79 bits per heavy atom. The first-order valence-corrected chi connectivity index (χ1v) is 5.56. The number of hydrazine groups is 1. The Balaban J connectivity index is 2.05. The van der Waals surface area contributed by atoms with Crippen LogP contribution in [0.25, 0.3) is 10.2 Å². The molecule has 0 aliphatic carbocycles. The van der Waals surface area contributed by atoms with Gasteiger partial charge < -0.3 is 0 Å². The summed E-state index contributed by atoms with van der Waals surface area (Å²) >= 11 is 1.80. The Bertz CT molecular complexity index is 412. The van der Waals surface area contributed by atoms with Gasteiger partial charge in [-0.15, -0.1) is 11.3 Å². The molecule has 1 aliphatic rings. The van der Waals surface area contributed by atoms with Gasteiger partial charge in [0.2, 0.25) is 0 Å². The molecular weight excluding hydrogens is 194 g/mol. The van der Waals surface area contributed by atoms with Crippen molar-refractivity contribution in [3.8, 4) is 0 Å². The maximum Gasteiger partial charge on any atom is 0.0996 e. The first kappa shape index (κ1) is 8.35. The Kier molecular flexibility index (Phi) is 1.97. The number of rotatable bonds is 1. The van der Waals surface area contributed by atoms with E-state index in [2.05, 4.69) is 34.0 Å². The van der Waals surface area contributed by atoms with E-state index in [1.807, 2.05) is 6.07 Å². The zero-order valence-electron chi connectivity index (χ0n) is 7.66. The molecular formula is C10H11N3S. The fourth-order valence-corrected chi connectivity index (χ4v) is 2.77. The summed E-state index contributed by atoms with van der Waals surface area (Å²) in [6, 6.07) is 8.31. The molecule has 1 aliphatic heterocycles. The number of benzene rings is 1. The number of para-hydroxylation sites is 1. The lowest BCUT2D eigenvalue weighted by atomic mass is 10.2. The van der Waals surface area contributed by atoms with E-state index in [-0.39, 0.29) is 0 Å². The molecule has 14 heavy (non-hydrogen) atoms. The van der Waals surface area contributed by atoms with E-state index in [9.17, 15) is 0 Å². The van der Waals surface area contributed by atoms with Gasteiger partial charge in [-0.25, -0.2) is 4.98 Å². The summed E-state index contributed by atoms with van der Waals surface area (Å²) in [5.74, 6) is 0.535. The number of nitrogens with zero attached hydrogens (tertiary/aromatic N) is 1. The average molecular weight is 205 g/mol. The molecule has 1 aromatic heterocycles. The minimum absolute atomic E-state index is 0.535. The number of fused-ring (bicyclic) bond motifs is 1. The molecule has 1 fully saturated rings. The van der Waals surface area contributed by atoms with Gasteiger partial charge in [-0.3, -0.25) is 10.9 Å². The van der Waals surface area contributed by atoms with E-state index >= 15 is 0 Å². The topological polar surface area (TPSA) is 37.0 Å². The summed E-state index contributed by atoms with van der Waals surface area (Å²) in [5.41, 5.74) is 7.39. The van der Waals surface area contributed by atoms with Crippen molar-refractivity contribution in [2.24, 2.45) is 0 Å². The zero-order valence-corrected chi connectivity index (χ0v) is 8.47. The van der Waals surface area contributed by atoms with Crippen molar-refractivity contribution in [1.29, 1.82) is 0 Å². The van der Waals surface area contributed by atoms with Crippen LogP contribution in [0.3, 0.4) is 0 Å². The molecule has 0 amide bonds. The van der Waals surface area contributed by atoms with Crippen LogP contribution in [-0.4, -0.2) is 18.1 Å². The summed E-state index contributed by atoms with van der Waals surface area (Å²) < 4.78 is 1.29. The van der Waals surface area contributed by atoms with Crippen molar-refractivity contribution in [3.63, 3.8) is 0 Å². The Labute approximate surface area is 86.1 Å². The van der Waals surface area contributed by atoms with Crippen LogP contribution >= 0.6 is 11.3 Å². The minimum Gasteiger partial charge on any atom is -0.257 e. The first-order chi connectivity index (χ1) is 6.93. The lowest BCUT2D eigenvalue weighted by Crippen LogP contribution is -2.21. The summed E-state index contributed by atoms with van der Waals surface area (Å²) in [7, 11) is 0. The maximum atomic E-state index is 4.63. The number of hydrogen-bond donors (Lipinski definition) is 2. The quantitative estimate of drug-likeness (QED) is 0.740. The van der Waals surface area contributed by atoms with Gasteiger partial charge in [0.1, 0.15) is 0 Å². The highest BCUT2D eigenvalue weighted by atomic mass is 32.1. The summed E-state index contributed by atoms with van der Waals surface area (Å²) in [6.07, 6.45) is 0. The molecule has 0 unspecified atom stereocenters. The van der Waals surface area contributed by atoms with Gasteiger partial charge in [-0.05, 0) is 12.1 Å². The second-order valence-electron chi connectivity index (χ2n) is 3.48. The molecule has 4 heteroatoms. The third-order valence-electron chi connectivity index (χ3n) is 2.48. The van der Waals surface area contributed by atoms with Gasteiger partial charge in [0, 0.05) is 19.0 Å². The third-order valence-corrected chi connectivity index (χ3v) is 3.68. The van der Waals surface area contributed by atoms with E-state index in [1.165, 1.54) is 9.71 Å². The zero-order chi connectivity index (χ0) is 9.38. The van der Waals surface area contributed by atoms with Crippen LogP contribution in [0.1, 0.15) is 10.9 Å². The second kappa shape index (κ2) is 3.31. The third kappa shape index (κ3) is 1.32. The van der Waals surface area contributed by atoms with Crippen LogP contribution in [0, 0.1) is 0 Å². The largest absolute Gasteiger partial charge is 0.257 e. The lowest BCUT2D eigenvalue weighted by molar-refractivity contribution is 0.689. The molecule has 2 aromatic rings. The van der Waals surface area contributed by atoms with Gasteiger partial charge in [-0.1, -0.05) is 12.1 Å². The molecule has 3 nitrogen and oxygen atoms in total. The van der Waals surface area contributed by atoms with Crippen molar-refractivity contribution >= 4 is 21.6 Å². The number of hydrogen-bond acceptors (Lipinski definition) is 4. The molecule has 1 aromatic carbocycles. The van der Waals surface area contributed by atoms with E-state index < -0.39 is 0 Å². The van der Waals surface area contributed by atoms with Crippen LogP contribution in [0.2, 0.25) is 0 Å². The number of nitrogens with one attached hydrogen (secondary N) is 2. The first-order valence-electron chi connectivity index (χ1n) is 4.75. The molecule has 0 atom stereocenters. The normalized spacial score (nSPS) is 18.0. The molecule has 3 rings (SSSR count). The molecule has 0 saturated carbocycles. The van der Waals surface area contributed by atoms with Crippen LogP contribution in [0.15, 0.2) is 24.3 Å². The van der Waals surface area contributed by atoms with Crippen molar-refractivity contribution in [2.75, 3.05) is 13.1 Å². The maximum absolute atomic E-state index is 4.63.